The summed E-state index contributed by atoms with van der Waals surface area (Å²) in [7, 11) is -3.90. The summed E-state index contributed by atoms with van der Waals surface area (Å²) in [4.78, 5) is 23.4. The van der Waals surface area contributed by atoms with Crippen molar-refractivity contribution in [2.24, 2.45) is 4.58 Å². The van der Waals surface area contributed by atoms with Crippen LogP contribution in [0.4, 0.5) is 0 Å². The number of nitrogens with one attached hydrogen (secondary N) is 2. The number of nitrogens with zero attached hydrogens (tertiary/aromatic N) is 1. The molecule has 1 atom stereocenters. The van der Waals surface area contributed by atoms with Crippen LogP contribution < -0.4 is 10.0 Å². The Morgan fingerprint density at radius 2 is 1.96 bits per heavy atom. The van der Waals surface area contributed by atoms with E-state index >= 15 is 0 Å². The lowest BCUT2D eigenvalue weighted by molar-refractivity contribution is -0.145. The van der Waals surface area contributed by atoms with Crippen LogP contribution in [0.3, 0.4) is 0 Å². The van der Waals surface area contributed by atoms with Gasteiger partial charge in [-0.2, -0.15) is 4.72 Å². The normalized spacial score (nSPS) is 17.4. The fourth-order valence-corrected chi connectivity index (χ4v) is 4.93. The lowest BCUT2D eigenvalue weighted by atomic mass is 9.90. The fourth-order valence-electron chi connectivity index (χ4n) is 2.94. The second kappa shape index (κ2) is 11.0. The molecular formula is C16H24ClN3O5S2. The second-order valence-electron chi connectivity index (χ2n) is 6.04. The van der Waals surface area contributed by atoms with Crippen LogP contribution in [0.25, 0.3) is 0 Å². The Morgan fingerprint density at radius 3 is 2.52 bits per heavy atom. The minimum atomic E-state index is -3.90. The van der Waals surface area contributed by atoms with Crippen LogP contribution in [-0.4, -0.2) is 44.9 Å². The molecule has 8 nitrogen and oxygen atoms in total. The predicted molar refractivity (Wildman–Crippen MR) is 107 cm³/mol. The highest BCUT2D eigenvalue weighted by Gasteiger charge is 2.40. The molecule has 11 heteroatoms. The standard InChI is InChI=1S/C16H23N3O5S2.ClH/c1-2-24-15(20)14(12-16(25-19-21)8-10-17-11-9-16)18-26(22,23)13-6-4-3-5-7-13;/h3-7,14,17-18H,2,8-12H2,1H3;1H. The van der Waals surface area contributed by atoms with Gasteiger partial charge in [-0.05, 0) is 51.4 Å². The molecule has 152 valence electrons. The van der Waals surface area contributed by atoms with Crippen LogP contribution in [0.15, 0.2) is 39.8 Å². The topological polar surface area (TPSA) is 114 Å². The van der Waals surface area contributed by atoms with Crippen molar-refractivity contribution in [3.8, 4) is 0 Å². The Bertz CT molecular complexity index is 712. The Hall–Kier alpha value is -1.20. The van der Waals surface area contributed by atoms with Crippen LogP contribution in [-0.2, 0) is 19.6 Å². The van der Waals surface area contributed by atoms with Gasteiger partial charge in [-0.3, -0.25) is 4.79 Å². The molecule has 1 aromatic carbocycles. The molecular weight excluding hydrogens is 414 g/mol. The Labute approximate surface area is 169 Å². The minimum Gasteiger partial charge on any atom is -0.465 e. The SMILES string of the molecule is CCOC(=O)C(CC1(SN=O)CCNCC1)NS(=O)(=O)c1ccccc1.Cl. The Balaban J connectivity index is 0.00000364. The largest absolute Gasteiger partial charge is 0.465 e. The van der Waals surface area contributed by atoms with Gasteiger partial charge in [0.25, 0.3) is 0 Å². The molecule has 1 fully saturated rings. The number of piperidine rings is 1. The van der Waals surface area contributed by atoms with Crippen molar-refractivity contribution in [3.05, 3.63) is 35.2 Å². The monoisotopic (exact) mass is 437 g/mol. The van der Waals surface area contributed by atoms with E-state index < -0.39 is 26.8 Å². The Morgan fingerprint density at radius 1 is 1.33 bits per heavy atom. The molecule has 1 unspecified atom stereocenters. The number of esters is 1. The zero-order chi connectivity index (χ0) is 19.0. The highest BCUT2D eigenvalue weighted by molar-refractivity contribution is 7.99. The maximum absolute atomic E-state index is 12.6. The summed E-state index contributed by atoms with van der Waals surface area (Å²) in [5, 5.41) is 3.19. The van der Waals surface area contributed by atoms with E-state index in [1.807, 2.05) is 0 Å². The fraction of sp³-hybridized carbons (Fsp3) is 0.562. The summed E-state index contributed by atoms with van der Waals surface area (Å²) in [5.74, 6) is -0.656. The number of hydrogen-bond acceptors (Lipinski definition) is 8. The molecule has 1 aliphatic rings. The first-order valence-corrected chi connectivity index (χ1v) is 10.6. The van der Waals surface area contributed by atoms with Crippen molar-refractivity contribution in [1.82, 2.24) is 10.0 Å². The van der Waals surface area contributed by atoms with Crippen molar-refractivity contribution < 1.29 is 17.9 Å². The van der Waals surface area contributed by atoms with Crippen molar-refractivity contribution >= 4 is 40.3 Å². The van der Waals surface area contributed by atoms with Gasteiger partial charge in [0, 0.05) is 21.3 Å². The third-order valence-corrected chi connectivity index (χ3v) is 6.77. The minimum absolute atomic E-state index is 0. The number of hydrogen-bond donors (Lipinski definition) is 2. The molecule has 27 heavy (non-hydrogen) atoms. The van der Waals surface area contributed by atoms with Crippen LogP contribution in [0.1, 0.15) is 26.2 Å². The molecule has 2 N–H and O–H groups in total. The first kappa shape index (κ1) is 23.8. The molecule has 0 bridgehead atoms. The molecule has 0 radical (unpaired) electrons. The van der Waals surface area contributed by atoms with Crippen molar-refractivity contribution in [2.75, 3.05) is 19.7 Å². The molecule has 0 saturated carbocycles. The number of sulfonamides is 1. The van der Waals surface area contributed by atoms with Crippen LogP contribution in [0.2, 0.25) is 0 Å². The van der Waals surface area contributed by atoms with E-state index in [2.05, 4.69) is 14.6 Å². The van der Waals surface area contributed by atoms with Gasteiger partial charge in [-0.25, -0.2) is 8.42 Å². The highest BCUT2D eigenvalue weighted by atomic mass is 35.5. The lowest BCUT2D eigenvalue weighted by Gasteiger charge is -2.36. The summed E-state index contributed by atoms with van der Waals surface area (Å²) in [6.07, 6.45) is 1.34. The average molecular weight is 438 g/mol. The molecule has 1 aromatic rings. The molecule has 1 heterocycles. The zero-order valence-corrected chi connectivity index (χ0v) is 17.4. The maximum atomic E-state index is 12.6. The van der Waals surface area contributed by atoms with E-state index in [1.165, 1.54) is 12.1 Å². The molecule has 0 aliphatic carbocycles. The first-order valence-electron chi connectivity index (χ1n) is 8.38. The molecule has 1 aliphatic heterocycles. The summed E-state index contributed by atoms with van der Waals surface area (Å²) >= 11 is 0.872. The second-order valence-corrected chi connectivity index (χ2v) is 8.95. The average Bonchev–Trinajstić information content (AvgIpc) is 2.63. The van der Waals surface area contributed by atoms with Gasteiger partial charge < -0.3 is 10.1 Å². The van der Waals surface area contributed by atoms with Gasteiger partial charge >= 0.3 is 5.97 Å². The van der Waals surface area contributed by atoms with Gasteiger partial charge in [0.2, 0.25) is 10.0 Å². The van der Waals surface area contributed by atoms with Crippen molar-refractivity contribution in [3.63, 3.8) is 0 Å². The number of halogens is 1. The zero-order valence-electron chi connectivity index (χ0n) is 14.9. The van der Waals surface area contributed by atoms with Crippen LogP contribution in [0.5, 0.6) is 0 Å². The van der Waals surface area contributed by atoms with Crippen molar-refractivity contribution in [1.29, 1.82) is 0 Å². The number of benzene rings is 1. The highest BCUT2D eigenvalue weighted by Crippen LogP contribution is 2.39. The van der Waals surface area contributed by atoms with E-state index in [-0.39, 0.29) is 30.3 Å². The smallest absolute Gasteiger partial charge is 0.324 e. The third kappa shape index (κ3) is 6.72. The van der Waals surface area contributed by atoms with Gasteiger partial charge in [0.15, 0.2) is 0 Å². The van der Waals surface area contributed by atoms with Gasteiger partial charge in [0.05, 0.1) is 11.5 Å². The first-order chi connectivity index (χ1) is 12.4. The maximum Gasteiger partial charge on any atom is 0.324 e. The molecule has 0 aromatic heterocycles. The van der Waals surface area contributed by atoms with Gasteiger partial charge in [-0.1, -0.05) is 18.2 Å². The van der Waals surface area contributed by atoms with E-state index in [1.54, 1.807) is 25.1 Å². The van der Waals surface area contributed by atoms with Crippen LogP contribution in [0, 0.1) is 4.91 Å². The molecule has 0 spiro atoms. The van der Waals surface area contributed by atoms with Crippen molar-refractivity contribution in [2.45, 2.75) is 41.9 Å². The summed E-state index contributed by atoms with van der Waals surface area (Å²) in [6.45, 7) is 3.13. The van der Waals surface area contributed by atoms with E-state index in [9.17, 15) is 18.1 Å². The number of rotatable bonds is 9. The van der Waals surface area contributed by atoms with E-state index in [4.69, 9.17) is 4.74 Å². The number of carbonyl (C=O) groups excluding carboxylic acids is 1. The van der Waals surface area contributed by atoms with Crippen LogP contribution >= 0.6 is 24.4 Å². The Kier molecular flexibility index (Phi) is 9.68. The van der Waals surface area contributed by atoms with E-state index in [0.717, 1.165) is 11.9 Å². The van der Waals surface area contributed by atoms with E-state index in [0.29, 0.717) is 25.9 Å². The summed E-state index contributed by atoms with van der Waals surface area (Å²) < 4.78 is 35.1. The molecule has 0 amide bonds. The number of carbonyl (C=O) groups is 1. The summed E-state index contributed by atoms with van der Waals surface area (Å²) in [6, 6.07) is 6.73. The number of nitroso groups, excluding NO2 is 1. The van der Waals surface area contributed by atoms with Gasteiger partial charge in [0.1, 0.15) is 6.04 Å². The quantitative estimate of drug-likeness (QED) is 0.346. The lowest BCUT2D eigenvalue weighted by Crippen LogP contribution is -2.49. The molecule has 2 rings (SSSR count). The predicted octanol–water partition coefficient (Wildman–Crippen LogP) is 2.25. The summed E-state index contributed by atoms with van der Waals surface area (Å²) in [5.41, 5.74) is 0. The van der Waals surface area contributed by atoms with Gasteiger partial charge in [-0.15, -0.1) is 17.3 Å². The third-order valence-electron chi connectivity index (χ3n) is 4.24. The molecule has 1 saturated heterocycles. The number of ether oxygens (including phenoxy) is 1.